The fourth-order valence-electron chi connectivity index (χ4n) is 2.78. The van der Waals surface area contributed by atoms with Crippen LogP contribution in [-0.4, -0.2) is 16.1 Å². The van der Waals surface area contributed by atoms with Crippen LogP contribution in [0.2, 0.25) is 0 Å². The highest BCUT2D eigenvalue weighted by molar-refractivity contribution is 5.94. The van der Waals surface area contributed by atoms with Crippen LogP contribution < -0.4 is 4.74 Å². The van der Waals surface area contributed by atoms with Crippen molar-refractivity contribution < 1.29 is 9.66 Å². The van der Waals surface area contributed by atoms with E-state index in [2.05, 4.69) is 0 Å². The number of nitrogens with zero attached hydrogens (tertiary/aromatic N) is 2. The van der Waals surface area contributed by atoms with E-state index in [1.54, 1.807) is 6.08 Å². The van der Waals surface area contributed by atoms with Crippen LogP contribution in [-0.2, 0) is 13.5 Å². The highest BCUT2D eigenvalue weighted by atomic mass is 16.6. The molecule has 1 aliphatic rings. The predicted octanol–water partition coefficient (Wildman–Crippen LogP) is 3.14. The second-order valence-corrected chi connectivity index (χ2v) is 5.13. The molecule has 104 valence electrons. The van der Waals surface area contributed by atoms with Crippen molar-refractivity contribution in [3.8, 4) is 5.75 Å². The van der Waals surface area contributed by atoms with Gasteiger partial charge >= 0.3 is 0 Å². The summed E-state index contributed by atoms with van der Waals surface area (Å²) in [7, 11) is 1.96. The van der Waals surface area contributed by atoms with Gasteiger partial charge in [-0.15, -0.1) is 0 Å². The zero-order chi connectivity index (χ0) is 14.3. The van der Waals surface area contributed by atoms with Gasteiger partial charge in [-0.2, -0.15) is 0 Å². The summed E-state index contributed by atoms with van der Waals surface area (Å²) in [4.78, 5) is 10.5. The SMILES string of the molecule is C/C(=C\c1cn(C)c2ccc3c(c12)CCCO3)[N+](=O)[O-]. The summed E-state index contributed by atoms with van der Waals surface area (Å²) in [5, 5.41) is 11.9. The molecule has 2 aromatic rings. The maximum Gasteiger partial charge on any atom is 0.243 e. The van der Waals surface area contributed by atoms with Gasteiger partial charge in [0.05, 0.1) is 11.5 Å². The first-order valence-corrected chi connectivity index (χ1v) is 6.64. The maximum absolute atomic E-state index is 10.8. The lowest BCUT2D eigenvalue weighted by atomic mass is 9.99. The molecule has 1 aromatic carbocycles. The number of aryl methyl sites for hydroxylation is 2. The van der Waals surface area contributed by atoms with Crippen LogP contribution >= 0.6 is 0 Å². The van der Waals surface area contributed by atoms with E-state index >= 15 is 0 Å². The van der Waals surface area contributed by atoms with Gasteiger partial charge < -0.3 is 9.30 Å². The van der Waals surface area contributed by atoms with Crippen molar-refractivity contribution in [2.24, 2.45) is 7.05 Å². The minimum Gasteiger partial charge on any atom is -0.493 e. The van der Waals surface area contributed by atoms with E-state index in [1.165, 1.54) is 6.92 Å². The minimum atomic E-state index is -0.356. The number of benzene rings is 1. The molecule has 0 spiro atoms. The molecular formula is C15H16N2O3. The average Bonchev–Trinajstić information content (AvgIpc) is 2.75. The molecule has 1 aliphatic heterocycles. The standard InChI is InChI=1S/C15H16N2O3/c1-10(17(18)19)8-11-9-16(2)13-5-6-14-12(15(11)13)4-3-7-20-14/h5-6,8-9H,3-4,7H2,1-2H3/b10-8+. The van der Waals surface area contributed by atoms with Gasteiger partial charge in [0.1, 0.15) is 5.75 Å². The summed E-state index contributed by atoms with van der Waals surface area (Å²) < 4.78 is 7.69. The van der Waals surface area contributed by atoms with E-state index in [0.717, 1.165) is 47.2 Å². The van der Waals surface area contributed by atoms with Crippen molar-refractivity contribution in [1.82, 2.24) is 4.57 Å². The van der Waals surface area contributed by atoms with Crippen molar-refractivity contribution in [2.45, 2.75) is 19.8 Å². The van der Waals surface area contributed by atoms with E-state index in [9.17, 15) is 10.1 Å². The summed E-state index contributed by atoms with van der Waals surface area (Å²) >= 11 is 0. The summed E-state index contributed by atoms with van der Waals surface area (Å²) in [5.74, 6) is 0.906. The third-order valence-corrected chi connectivity index (χ3v) is 3.73. The molecule has 0 radical (unpaired) electrons. The smallest absolute Gasteiger partial charge is 0.243 e. The van der Waals surface area contributed by atoms with Crippen molar-refractivity contribution >= 4 is 17.0 Å². The number of fused-ring (bicyclic) bond motifs is 3. The Morgan fingerprint density at radius 2 is 2.30 bits per heavy atom. The quantitative estimate of drug-likeness (QED) is 0.623. The maximum atomic E-state index is 10.8. The molecule has 0 saturated heterocycles. The second-order valence-electron chi connectivity index (χ2n) is 5.13. The van der Waals surface area contributed by atoms with Crippen LogP contribution in [0.25, 0.3) is 17.0 Å². The molecule has 0 N–H and O–H groups in total. The van der Waals surface area contributed by atoms with E-state index in [1.807, 2.05) is 29.9 Å². The molecule has 0 aliphatic carbocycles. The number of nitro groups is 1. The van der Waals surface area contributed by atoms with E-state index in [4.69, 9.17) is 4.74 Å². The lowest BCUT2D eigenvalue weighted by Crippen LogP contribution is -2.08. The third kappa shape index (κ3) is 1.95. The molecule has 20 heavy (non-hydrogen) atoms. The topological polar surface area (TPSA) is 57.3 Å². The number of rotatable bonds is 2. The van der Waals surface area contributed by atoms with Crippen LogP contribution in [0.1, 0.15) is 24.5 Å². The number of ether oxygens (including phenoxy) is 1. The van der Waals surface area contributed by atoms with Crippen LogP contribution in [0.3, 0.4) is 0 Å². The molecule has 5 nitrogen and oxygen atoms in total. The number of allylic oxidation sites excluding steroid dienone is 1. The van der Waals surface area contributed by atoms with Gasteiger partial charge in [-0.25, -0.2) is 0 Å². The Morgan fingerprint density at radius 1 is 1.50 bits per heavy atom. The first kappa shape index (κ1) is 12.7. The monoisotopic (exact) mass is 272 g/mol. The molecular weight excluding hydrogens is 256 g/mol. The summed E-state index contributed by atoms with van der Waals surface area (Å²) in [5.41, 5.74) is 3.28. The molecule has 0 unspecified atom stereocenters. The zero-order valence-corrected chi connectivity index (χ0v) is 11.5. The second kappa shape index (κ2) is 4.67. The van der Waals surface area contributed by atoms with Crippen molar-refractivity contribution in [2.75, 3.05) is 6.61 Å². The highest BCUT2D eigenvalue weighted by Crippen LogP contribution is 2.35. The third-order valence-electron chi connectivity index (χ3n) is 3.73. The van der Waals surface area contributed by atoms with Crippen molar-refractivity contribution in [3.05, 3.63) is 45.3 Å². The number of hydrogen-bond acceptors (Lipinski definition) is 3. The van der Waals surface area contributed by atoms with E-state index < -0.39 is 0 Å². The molecule has 0 saturated carbocycles. The van der Waals surface area contributed by atoms with Gasteiger partial charge in [0.15, 0.2) is 0 Å². The first-order valence-electron chi connectivity index (χ1n) is 6.64. The predicted molar refractivity (Wildman–Crippen MR) is 77.4 cm³/mol. The van der Waals surface area contributed by atoms with Gasteiger partial charge in [-0.05, 0) is 25.0 Å². The summed E-state index contributed by atoms with van der Waals surface area (Å²) in [6.07, 6.45) is 5.51. The number of hydrogen-bond donors (Lipinski definition) is 0. The van der Waals surface area contributed by atoms with Gasteiger partial charge in [0.2, 0.25) is 5.70 Å². The highest BCUT2D eigenvalue weighted by Gasteiger charge is 2.18. The van der Waals surface area contributed by atoms with Crippen molar-refractivity contribution in [1.29, 1.82) is 0 Å². The van der Waals surface area contributed by atoms with Gasteiger partial charge in [0.25, 0.3) is 0 Å². The Bertz CT molecular complexity index is 728. The van der Waals surface area contributed by atoms with Crippen LogP contribution in [0.4, 0.5) is 0 Å². The van der Waals surface area contributed by atoms with Gasteiger partial charge in [-0.3, -0.25) is 10.1 Å². The Kier molecular flexibility index (Phi) is 2.97. The van der Waals surface area contributed by atoms with E-state index in [0.29, 0.717) is 0 Å². The Hall–Kier alpha value is -2.30. The largest absolute Gasteiger partial charge is 0.493 e. The molecule has 5 heteroatoms. The fourth-order valence-corrected chi connectivity index (χ4v) is 2.78. The molecule has 0 atom stereocenters. The van der Waals surface area contributed by atoms with Crippen LogP contribution in [0.15, 0.2) is 24.0 Å². The van der Waals surface area contributed by atoms with E-state index in [-0.39, 0.29) is 10.6 Å². The van der Waals surface area contributed by atoms with Gasteiger partial charge in [0, 0.05) is 48.3 Å². The molecule has 1 aromatic heterocycles. The summed E-state index contributed by atoms with van der Waals surface area (Å²) in [6.45, 7) is 2.26. The minimum absolute atomic E-state index is 0.145. The molecule has 2 heterocycles. The van der Waals surface area contributed by atoms with Crippen LogP contribution in [0.5, 0.6) is 5.75 Å². The molecule has 0 amide bonds. The molecule has 0 fully saturated rings. The first-order chi connectivity index (χ1) is 9.58. The normalized spacial score (nSPS) is 15.0. The van der Waals surface area contributed by atoms with Crippen LogP contribution in [0, 0.1) is 10.1 Å². The Balaban J connectivity index is 2.27. The van der Waals surface area contributed by atoms with Gasteiger partial charge in [-0.1, -0.05) is 0 Å². The van der Waals surface area contributed by atoms with Crippen molar-refractivity contribution in [3.63, 3.8) is 0 Å². The lowest BCUT2D eigenvalue weighted by molar-refractivity contribution is -0.422. The molecule has 3 rings (SSSR count). The Labute approximate surface area is 116 Å². The zero-order valence-electron chi connectivity index (χ0n) is 11.5. The lowest BCUT2D eigenvalue weighted by Gasteiger charge is -2.18. The summed E-state index contributed by atoms with van der Waals surface area (Å²) in [6, 6.07) is 4.00. The average molecular weight is 272 g/mol. The number of aromatic nitrogens is 1. The fraction of sp³-hybridized carbons (Fsp3) is 0.333. The Morgan fingerprint density at radius 3 is 3.05 bits per heavy atom. The molecule has 0 bridgehead atoms.